The van der Waals surface area contributed by atoms with E-state index in [0.29, 0.717) is 19.0 Å². The minimum absolute atomic E-state index is 0.107. The Bertz CT molecular complexity index is 1230. The van der Waals surface area contributed by atoms with Gasteiger partial charge in [0.1, 0.15) is 0 Å². The van der Waals surface area contributed by atoms with Crippen molar-refractivity contribution in [1.82, 2.24) is 20.1 Å². The summed E-state index contributed by atoms with van der Waals surface area (Å²) in [6, 6.07) is 13.4. The van der Waals surface area contributed by atoms with Crippen LogP contribution in [0.2, 0.25) is 0 Å². The van der Waals surface area contributed by atoms with Crippen LogP contribution in [0.3, 0.4) is 0 Å². The minimum atomic E-state index is -3.57. The Morgan fingerprint density at radius 2 is 1.72 bits per heavy atom. The summed E-state index contributed by atoms with van der Waals surface area (Å²) >= 11 is 0. The monoisotopic (exact) mass is 454 g/mol. The number of benzene rings is 2. The zero-order valence-electron chi connectivity index (χ0n) is 17.8. The van der Waals surface area contributed by atoms with Gasteiger partial charge in [0.25, 0.3) is 5.91 Å². The fourth-order valence-electron chi connectivity index (χ4n) is 3.85. The molecule has 0 aliphatic carbocycles. The summed E-state index contributed by atoms with van der Waals surface area (Å²) in [4.78, 5) is 27.9. The molecule has 1 aliphatic rings. The largest absolute Gasteiger partial charge is 0.361 e. The van der Waals surface area contributed by atoms with Crippen molar-refractivity contribution in [1.29, 1.82) is 0 Å². The Labute approximate surface area is 187 Å². The highest BCUT2D eigenvalue weighted by atomic mass is 32.2. The van der Waals surface area contributed by atoms with E-state index >= 15 is 0 Å². The van der Waals surface area contributed by atoms with Gasteiger partial charge in [-0.1, -0.05) is 25.1 Å². The molecule has 3 aromatic rings. The lowest BCUT2D eigenvalue weighted by molar-refractivity contribution is -0.121. The van der Waals surface area contributed by atoms with Crippen LogP contribution in [0.15, 0.2) is 59.6 Å². The number of aromatic nitrogens is 1. The van der Waals surface area contributed by atoms with Crippen LogP contribution < -0.4 is 10.9 Å². The van der Waals surface area contributed by atoms with E-state index in [9.17, 15) is 18.0 Å². The number of fused-ring (bicyclic) bond motifs is 1. The molecule has 0 bridgehead atoms. The van der Waals surface area contributed by atoms with Crippen LogP contribution in [0, 0.1) is 5.92 Å². The Hall–Kier alpha value is -3.17. The highest BCUT2D eigenvalue weighted by Gasteiger charge is 2.28. The van der Waals surface area contributed by atoms with Crippen molar-refractivity contribution in [2.45, 2.75) is 31.1 Å². The normalized spacial score (nSPS) is 15.5. The van der Waals surface area contributed by atoms with Gasteiger partial charge in [0.2, 0.25) is 15.9 Å². The molecule has 1 saturated heterocycles. The first kappa shape index (κ1) is 22.0. The first-order valence-electron chi connectivity index (χ1n) is 10.6. The Kier molecular flexibility index (Phi) is 6.29. The molecule has 0 unspecified atom stereocenters. The maximum absolute atomic E-state index is 12.8. The molecule has 2 aromatic carbocycles. The van der Waals surface area contributed by atoms with Gasteiger partial charge in [-0.25, -0.2) is 8.42 Å². The summed E-state index contributed by atoms with van der Waals surface area (Å²) in [5.41, 5.74) is 6.80. The van der Waals surface area contributed by atoms with Crippen molar-refractivity contribution in [3.05, 3.63) is 65.9 Å². The summed E-state index contributed by atoms with van der Waals surface area (Å²) in [7, 11) is -3.57. The van der Waals surface area contributed by atoms with E-state index in [2.05, 4.69) is 22.8 Å². The van der Waals surface area contributed by atoms with Crippen molar-refractivity contribution >= 4 is 32.7 Å². The number of hydrazine groups is 1. The fraction of sp³-hybridized carbons (Fsp3) is 0.304. The average Bonchev–Trinajstić information content (AvgIpc) is 3.20. The number of sulfonamides is 1. The SMILES string of the molecule is CC1CCN(S(=O)(=O)c2ccc(C(=O)NNC(=O)Cc3c[nH]c4ccccc34)cc2)CC1. The molecule has 9 heteroatoms. The summed E-state index contributed by atoms with van der Waals surface area (Å²) < 4.78 is 27.1. The summed E-state index contributed by atoms with van der Waals surface area (Å²) in [5, 5.41) is 0.953. The van der Waals surface area contributed by atoms with E-state index in [1.54, 1.807) is 6.20 Å². The number of aromatic amines is 1. The van der Waals surface area contributed by atoms with Crippen molar-refractivity contribution < 1.29 is 18.0 Å². The molecule has 0 spiro atoms. The van der Waals surface area contributed by atoms with Crippen LogP contribution >= 0.6 is 0 Å². The fourth-order valence-corrected chi connectivity index (χ4v) is 5.32. The third-order valence-electron chi connectivity index (χ3n) is 5.84. The van der Waals surface area contributed by atoms with Crippen LogP contribution in [0.25, 0.3) is 10.9 Å². The molecule has 1 fully saturated rings. The number of para-hydroxylation sites is 1. The molecular weight excluding hydrogens is 428 g/mol. The molecule has 2 amide bonds. The molecule has 0 atom stereocenters. The average molecular weight is 455 g/mol. The second kappa shape index (κ2) is 9.13. The lowest BCUT2D eigenvalue weighted by atomic mass is 10.0. The number of rotatable bonds is 5. The number of hydrogen-bond acceptors (Lipinski definition) is 4. The first-order valence-corrected chi connectivity index (χ1v) is 12.0. The van der Waals surface area contributed by atoms with Gasteiger partial charge >= 0.3 is 0 Å². The Morgan fingerprint density at radius 1 is 1.03 bits per heavy atom. The highest BCUT2D eigenvalue weighted by Crippen LogP contribution is 2.23. The van der Waals surface area contributed by atoms with E-state index in [-0.39, 0.29) is 22.8 Å². The number of piperidine rings is 1. The Morgan fingerprint density at radius 3 is 2.44 bits per heavy atom. The van der Waals surface area contributed by atoms with E-state index < -0.39 is 15.9 Å². The second-order valence-electron chi connectivity index (χ2n) is 8.15. The number of hydrogen-bond donors (Lipinski definition) is 3. The number of nitrogens with one attached hydrogen (secondary N) is 3. The third-order valence-corrected chi connectivity index (χ3v) is 7.75. The topological polar surface area (TPSA) is 111 Å². The molecule has 1 aromatic heterocycles. The molecule has 168 valence electrons. The lowest BCUT2D eigenvalue weighted by Gasteiger charge is -2.29. The minimum Gasteiger partial charge on any atom is -0.361 e. The van der Waals surface area contributed by atoms with Gasteiger partial charge in [-0.2, -0.15) is 4.31 Å². The molecule has 4 rings (SSSR count). The molecule has 2 heterocycles. The van der Waals surface area contributed by atoms with Gasteiger partial charge in [-0.15, -0.1) is 0 Å². The van der Waals surface area contributed by atoms with Crippen molar-refractivity contribution in [2.24, 2.45) is 5.92 Å². The lowest BCUT2D eigenvalue weighted by Crippen LogP contribution is -2.42. The van der Waals surface area contributed by atoms with Gasteiger partial charge in [-0.05, 0) is 54.7 Å². The number of nitrogens with zero attached hydrogens (tertiary/aromatic N) is 1. The second-order valence-corrected chi connectivity index (χ2v) is 10.1. The molecule has 32 heavy (non-hydrogen) atoms. The van der Waals surface area contributed by atoms with E-state index in [4.69, 9.17) is 0 Å². The predicted octanol–water partition coefficient (Wildman–Crippen LogP) is 2.59. The summed E-state index contributed by atoms with van der Waals surface area (Å²) in [6.07, 6.45) is 3.57. The maximum Gasteiger partial charge on any atom is 0.269 e. The molecule has 3 N–H and O–H groups in total. The quantitative estimate of drug-likeness (QED) is 0.515. The molecule has 0 radical (unpaired) electrons. The highest BCUT2D eigenvalue weighted by molar-refractivity contribution is 7.89. The number of amides is 2. The molecule has 8 nitrogen and oxygen atoms in total. The van der Waals surface area contributed by atoms with E-state index in [1.165, 1.54) is 28.6 Å². The summed E-state index contributed by atoms with van der Waals surface area (Å²) in [5.74, 6) is -0.353. The standard InChI is InChI=1S/C23H26N4O4S/c1-16-10-12-27(13-11-16)32(30,31)19-8-6-17(7-9-19)23(29)26-25-22(28)14-18-15-24-21-5-3-2-4-20(18)21/h2-9,15-16,24H,10-14H2,1H3,(H,25,28)(H,26,29). The van der Waals surface area contributed by atoms with Gasteiger partial charge < -0.3 is 4.98 Å². The predicted molar refractivity (Wildman–Crippen MR) is 121 cm³/mol. The first-order chi connectivity index (χ1) is 15.3. The number of H-pyrrole nitrogens is 1. The van der Waals surface area contributed by atoms with Crippen molar-refractivity contribution in [3.8, 4) is 0 Å². The smallest absolute Gasteiger partial charge is 0.269 e. The van der Waals surface area contributed by atoms with Gasteiger partial charge in [-0.3, -0.25) is 20.4 Å². The molecule has 0 saturated carbocycles. The van der Waals surface area contributed by atoms with Crippen LogP contribution in [0.5, 0.6) is 0 Å². The van der Waals surface area contributed by atoms with Crippen molar-refractivity contribution in [3.63, 3.8) is 0 Å². The molecular formula is C23H26N4O4S. The van der Waals surface area contributed by atoms with Crippen LogP contribution in [0.1, 0.15) is 35.7 Å². The van der Waals surface area contributed by atoms with Crippen LogP contribution in [-0.4, -0.2) is 42.6 Å². The van der Waals surface area contributed by atoms with Crippen LogP contribution in [0.4, 0.5) is 0 Å². The summed E-state index contributed by atoms with van der Waals surface area (Å²) in [6.45, 7) is 3.14. The van der Waals surface area contributed by atoms with Gasteiger partial charge in [0.15, 0.2) is 0 Å². The zero-order chi connectivity index (χ0) is 22.7. The van der Waals surface area contributed by atoms with Gasteiger partial charge in [0, 0.05) is 35.8 Å². The third kappa shape index (κ3) is 4.68. The molecule has 1 aliphatic heterocycles. The van der Waals surface area contributed by atoms with E-state index in [1.807, 2.05) is 24.3 Å². The van der Waals surface area contributed by atoms with Crippen molar-refractivity contribution in [2.75, 3.05) is 13.1 Å². The zero-order valence-corrected chi connectivity index (χ0v) is 18.6. The van der Waals surface area contributed by atoms with E-state index in [0.717, 1.165) is 29.3 Å². The Balaban J connectivity index is 1.34. The van der Waals surface area contributed by atoms with Crippen LogP contribution in [-0.2, 0) is 21.2 Å². The maximum atomic E-state index is 12.8. The number of carbonyl (C=O) groups is 2. The number of carbonyl (C=O) groups excluding carboxylic acids is 2. The van der Waals surface area contributed by atoms with Gasteiger partial charge in [0.05, 0.1) is 11.3 Å².